The summed E-state index contributed by atoms with van der Waals surface area (Å²) in [5, 5.41) is 4.61. The molecule has 3 aliphatic rings. The summed E-state index contributed by atoms with van der Waals surface area (Å²) in [6, 6.07) is 73.5. The lowest BCUT2D eigenvalue weighted by atomic mass is 9.65. The number of benzene rings is 9. The molecule has 3 aliphatic carbocycles. The number of hydrogen-bond acceptors (Lipinski definition) is 2. The molecule has 1 heterocycles. The summed E-state index contributed by atoms with van der Waals surface area (Å²) in [6.45, 7) is 0. The summed E-state index contributed by atoms with van der Waals surface area (Å²) in [6.07, 6.45) is 9.37. The normalized spacial score (nSPS) is 16.5. The van der Waals surface area contributed by atoms with Crippen molar-refractivity contribution < 1.29 is 4.42 Å². The Morgan fingerprint density at radius 2 is 1.05 bits per heavy atom. The van der Waals surface area contributed by atoms with Crippen LogP contribution in [0.1, 0.15) is 28.2 Å². The van der Waals surface area contributed by atoms with Crippen molar-refractivity contribution in [1.82, 2.24) is 0 Å². The van der Waals surface area contributed by atoms with Gasteiger partial charge in [0.2, 0.25) is 0 Å². The van der Waals surface area contributed by atoms with Gasteiger partial charge in [-0.1, -0.05) is 188 Å². The average Bonchev–Trinajstić information content (AvgIpc) is 3.97. The van der Waals surface area contributed by atoms with Crippen LogP contribution >= 0.6 is 0 Å². The number of nitrogens with zero attached hydrogens (tertiary/aromatic N) is 1. The molecule has 0 amide bonds. The summed E-state index contributed by atoms with van der Waals surface area (Å²) >= 11 is 0. The molecular weight excluding hydrogens is 739 g/mol. The van der Waals surface area contributed by atoms with E-state index in [1.54, 1.807) is 0 Å². The molecule has 286 valence electrons. The topological polar surface area (TPSA) is 16.4 Å². The molecule has 2 heteroatoms. The predicted molar refractivity (Wildman–Crippen MR) is 253 cm³/mol. The van der Waals surface area contributed by atoms with Crippen LogP contribution in [0.3, 0.4) is 0 Å². The van der Waals surface area contributed by atoms with Gasteiger partial charge >= 0.3 is 0 Å². The fourth-order valence-electron chi connectivity index (χ4n) is 11.2. The number of furan rings is 1. The molecule has 1 aromatic heterocycles. The van der Waals surface area contributed by atoms with E-state index in [1.807, 2.05) is 0 Å². The van der Waals surface area contributed by atoms with Gasteiger partial charge in [-0.05, 0) is 97.2 Å². The standard InChI is InChI=1S/C59H39NO/c1-2-15-40(16-3-1)45-21-12-22-50-51-23-13-27-56(58(51)61-57(45)50)60(44-34-30-38-14-4-5-17-41(38)36-44)43-32-28-39(29-33-43)42-31-35-49-48-20-8-11-26-54(48)59(55(49)37-42)52-24-9-6-18-46(52)47-19-7-10-25-53(47)59/h1-37,48,54H. The van der Waals surface area contributed by atoms with Gasteiger partial charge in [-0.15, -0.1) is 0 Å². The Labute approximate surface area is 355 Å². The summed E-state index contributed by atoms with van der Waals surface area (Å²) in [5.41, 5.74) is 17.7. The Kier molecular flexibility index (Phi) is 7.38. The Morgan fingerprint density at radius 3 is 1.85 bits per heavy atom. The van der Waals surface area contributed by atoms with Crippen molar-refractivity contribution >= 4 is 49.8 Å². The molecule has 0 saturated heterocycles. The highest BCUT2D eigenvalue weighted by Gasteiger charge is 2.57. The Bertz CT molecular complexity index is 3400. The predicted octanol–water partition coefficient (Wildman–Crippen LogP) is 15.7. The van der Waals surface area contributed by atoms with Crippen LogP contribution in [0.5, 0.6) is 0 Å². The highest BCUT2D eigenvalue weighted by atomic mass is 16.3. The van der Waals surface area contributed by atoms with Crippen molar-refractivity contribution in [3.05, 3.63) is 247 Å². The molecular formula is C59H39NO. The van der Waals surface area contributed by atoms with E-state index in [1.165, 1.54) is 55.3 Å². The van der Waals surface area contributed by atoms with E-state index >= 15 is 0 Å². The van der Waals surface area contributed by atoms with Gasteiger partial charge in [-0.3, -0.25) is 0 Å². The number of para-hydroxylation sites is 2. The molecule has 0 bridgehead atoms. The van der Waals surface area contributed by atoms with Crippen molar-refractivity contribution in [2.45, 2.75) is 11.3 Å². The third-order valence-corrected chi connectivity index (χ3v) is 13.7. The molecule has 13 rings (SSSR count). The van der Waals surface area contributed by atoms with Crippen LogP contribution in [0.15, 0.2) is 229 Å². The first kappa shape index (κ1) is 34.2. The van der Waals surface area contributed by atoms with E-state index in [0.29, 0.717) is 11.8 Å². The summed E-state index contributed by atoms with van der Waals surface area (Å²) < 4.78 is 7.00. The first-order chi connectivity index (χ1) is 30.3. The van der Waals surface area contributed by atoms with Gasteiger partial charge in [0.25, 0.3) is 0 Å². The highest BCUT2D eigenvalue weighted by molar-refractivity contribution is 6.13. The second-order valence-electron chi connectivity index (χ2n) is 16.7. The minimum absolute atomic E-state index is 0.261. The average molecular weight is 778 g/mol. The minimum Gasteiger partial charge on any atom is -0.453 e. The number of fused-ring (bicyclic) bond motifs is 14. The lowest BCUT2D eigenvalue weighted by Crippen LogP contribution is -2.32. The molecule has 0 saturated carbocycles. The van der Waals surface area contributed by atoms with Crippen molar-refractivity contribution in [2.24, 2.45) is 5.92 Å². The Balaban J connectivity index is 0.971. The van der Waals surface area contributed by atoms with E-state index in [0.717, 1.165) is 50.1 Å². The van der Waals surface area contributed by atoms with Crippen molar-refractivity contribution in [2.75, 3.05) is 4.90 Å². The summed E-state index contributed by atoms with van der Waals surface area (Å²) in [4.78, 5) is 2.36. The molecule has 0 fully saturated rings. The molecule has 2 atom stereocenters. The van der Waals surface area contributed by atoms with Crippen LogP contribution in [0, 0.1) is 5.92 Å². The first-order valence-electron chi connectivity index (χ1n) is 21.3. The van der Waals surface area contributed by atoms with E-state index in [-0.39, 0.29) is 5.41 Å². The monoisotopic (exact) mass is 777 g/mol. The van der Waals surface area contributed by atoms with Gasteiger partial charge in [-0.2, -0.15) is 0 Å². The largest absolute Gasteiger partial charge is 0.453 e. The molecule has 9 aromatic carbocycles. The molecule has 61 heavy (non-hydrogen) atoms. The van der Waals surface area contributed by atoms with Gasteiger partial charge in [0.1, 0.15) is 5.58 Å². The quantitative estimate of drug-likeness (QED) is 0.173. The maximum Gasteiger partial charge on any atom is 0.159 e. The molecule has 0 N–H and O–H groups in total. The summed E-state index contributed by atoms with van der Waals surface area (Å²) in [5.74, 6) is 0.617. The SMILES string of the molecule is C1=CC2c3ccc(-c4ccc(N(c5ccc6ccccc6c5)c5cccc6c5oc5c(-c7ccccc7)cccc56)cc4)cc3C3(c4ccccc4-c4ccccc43)C2C=C1. The van der Waals surface area contributed by atoms with Gasteiger partial charge in [0.05, 0.1) is 11.1 Å². The maximum absolute atomic E-state index is 7.00. The van der Waals surface area contributed by atoms with Gasteiger partial charge in [0.15, 0.2) is 5.58 Å². The number of anilines is 3. The van der Waals surface area contributed by atoms with E-state index in [2.05, 4.69) is 229 Å². The fourth-order valence-corrected chi connectivity index (χ4v) is 11.2. The Morgan fingerprint density at radius 1 is 0.410 bits per heavy atom. The van der Waals surface area contributed by atoms with Crippen molar-refractivity contribution in [3.8, 4) is 33.4 Å². The Hall–Kier alpha value is -7.68. The zero-order valence-corrected chi connectivity index (χ0v) is 33.4. The molecule has 0 radical (unpaired) electrons. The molecule has 10 aromatic rings. The highest BCUT2D eigenvalue weighted by Crippen LogP contribution is 2.65. The van der Waals surface area contributed by atoms with Crippen LogP contribution < -0.4 is 4.90 Å². The third kappa shape index (κ3) is 4.91. The second kappa shape index (κ2) is 13.2. The van der Waals surface area contributed by atoms with Crippen molar-refractivity contribution in [3.63, 3.8) is 0 Å². The van der Waals surface area contributed by atoms with E-state index < -0.39 is 0 Å². The van der Waals surface area contributed by atoms with Crippen LogP contribution in [-0.4, -0.2) is 0 Å². The van der Waals surface area contributed by atoms with Gasteiger partial charge in [-0.25, -0.2) is 0 Å². The van der Waals surface area contributed by atoms with E-state index in [4.69, 9.17) is 4.42 Å². The molecule has 2 nitrogen and oxygen atoms in total. The van der Waals surface area contributed by atoms with Crippen LogP contribution in [-0.2, 0) is 5.41 Å². The molecule has 2 unspecified atom stereocenters. The smallest absolute Gasteiger partial charge is 0.159 e. The van der Waals surface area contributed by atoms with E-state index in [9.17, 15) is 0 Å². The second-order valence-corrected chi connectivity index (χ2v) is 16.7. The third-order valence-electron chi connectivity index (χ3n) is 13.7. The number of hydrogen-bond donors (Lipinski definition) is 0. The lowest BCUT2D eigenvalue weighted by molar-refractivity contribution is 0.465. The van der Waals surface area contributed by atoms with Gasteiger partial charge < -0.3 is 9.32 Å². The minimum atomic E-state index is -0.261. The van der Waals surface area contributed by atoms with Crippen LogP contribution in [0.2, 0.25) is 0 Å². The van der Waals surface area contributed by atoms with Crippen LogP contribution in [0.4, 0.5) is 17.1 Å². The number of allylic oxidation sites excluding steroid dienone is 4. The number of rotatable bonds is 5. The maximum atomic E-state index is 7.00. The fraction of sp³-hybridized carbons (Fsp3) is 0.0508. The lowest BCUT2D eigenvalue weighted by Gasteiger charge is -2.36. The zero-order chi connectivity index (χ0) is 40.1. The summed E-state index contributed by atoms with van der Waals surface area (Å²) in [7, 11) is 0. The van der Waals surface area contributed by atoms with Gasteiger partial charge in [0, 0.05) is 39.5 Å². The zero-order valence-electron chi connectivity index (χ0n) is 33.4. The first-order valence-corrected chi connectivity index (χ1v) is 21.3. The van der Waals surface area contributed by atoms with Crippen LogP contribution in [0.25, 0.3) is 66.1 Å². The molecule has 0 aliphatic heterocycles. The van der Waals surface area contributed by atoms with Crippen molar-refractivity contribution in [1.29, 1.82) is 0 Å². The molecule has 1 spiro atoms.